The number of anilines is 2. The summed E-state index contributed by atoms with van der Waals surface area (Å²) in [6, 6.07) is 3.00. The number of halogens is 1. The third kappa shape index (κ3) is 1.79. The third-order valence-corrected chi connectivity index (χ3v) is 1.93. The van der Waals surface area contributed by atoms with Gasteiger partial charge in [0.25, 0.3) is 0 Å². The fraction of sp³-hybridized carbons (Fsp3) is 0. The average molecular weight is 229 g/mol. The number of nitrogens with two attached hydrogens (primary N) is 2. The van der Waals surface area contributed by atoms with E-state index in [4.69, 9.17) is 11.5 Å². The second kappa shape index (κ2) is 3.66. The van der Waals surface area contributed by atoms with Gasteiger partial charge < -0.3 is 21.4 Å². The standard InChI is InChI=1S/C8H8N4O2.ClH/c9-3-1-5-6(2-4(3)10)12-8(14)7(13)11-5;/h1-2H,9-10H2,(H,11,13)(H,12,14);1H. The Morgan fingerprint density at radius 3 is 1.53 bits per heavy atom. The number of aromatic amines is 2. The van der Waals surface area contributed by atoms with Crippen LogP contribution in [0.2, 0.25) is 0 Å². The Kier molecular flexibility index (Phi) is 2.71. The second-order valence-corrected chi connectivity index (χ2v) is 2.93. The zero-order valence-electron chi connectivity index (χ0n) is 7.53. The molecule has 0 saturated heterocycles. The molecule has 0 unspecified atom stereocenters. The van der Waals surface area contributed by atoms with Gasteiger partial charge in [-0.25, -0.2) is 0 Å². The van der Waals surface area contributed by atoms with Crippen molar-refractivity contribution in [3.63, 3.8) is 0 Å². The zero-order valence-corrected chi connectivity index (χ0v) is 8.35. The molecule has 6 N–H and O–H groups in total. The number of rotatable bonds is 0. The van der Waals surface area contributed by atoms with Crippen molar-refractivity contribution in [3.05, 3.63) is 32.8 Å². The van der Waals surface area contributed by atoms with Gasteiger partial charge in [0.2, 0.25) is 0 Å². The van der Waals surface area contributed by atoms with Gasteiger partial charge in [0.1, 0.15) is 0 Å². The van der Waals surface area contributed by atoms with Gasteiger partial charge in [-0.1, -0.05) is 0 Å². The van der Waals surface area contributed by atoms with Gasteiger partial charge in [-0.05, 0) is 12.1 Å². The lowest BCUT2D eigenvalue weighted by atomic mass is 10.2. The first kappa shape index (κ1) is 11.1. The number of nitrogens with one attached hydrogen (secondary N) is 2. The van der Waals surface area contributed by atoms with Crippen LogP contribution in [-0.4, -0.2) is 9.97 Å². The molecular formula is C8H9ClN4O2. The van der Waals surface area contributed by atoms with E-state index in [1.165, 1.54) is 12.1 Å². The predicted molar refractivity (Wildman–Crippen MR) is 61.3 cm³/mol. The van der Waals surface area contributed by atoms with Crippen molar-refractivity contribution in [1.82, 2.24) is 9.97 Å². The minimum absolute atomic E-state index is 0. The van der Waals surface area contributed by atoms with Crippen molar-refractivity contribution in [2.24, 2.45) is 0 Å². The Labute approximate surface area is 89.7 Å². The highest BCUT2D eigenvalue weighted by Gasteiger charge is 2.02. The van der Waals surface area contributed by atoms with Gasteiger partial charge in [-0.3, -0.25) is 9.59 Å². The summed E-state index contributed by atoms with van der Waals surface area (Å²) < 4.78 is 0. The maximum absolute atomic E-state index is 11.0. The number of aromatic nitrogens is 2. The molecule has 7 heteroatoms. The molecular weight excluding hydrogens is 220 g/mol. The van der Waals surface area contributed by atoms with E-state index in [1.54, 1.807) is 0 Å². The molecule has 0 saturated carbocycles. The highest BCUT2D eigenvalue weighted by Crippen LogP contribution is 2.18. The first-order valence-electron chi connectivity index (χ1n) is 3.89. The largest absolute Gasteiger partial charge is 0.397 e. The normalized spacial score (nSPS) is 9.87. The van der Waals surface area contributed by atoms with E-state index >= 15 is 0 Å². The number of hydrogen-bond acceptors (Lipinski definition) is 4. The smallest absolute Gasteiger partial charge is 0.314 e. The van der Waals surface area contributed by atoms with Crippen LogP contribution in [0.15, 0.2) is 21.7 Å². The maximum Gasteiger partial charge on any atom is 0.314 e. The molecule has 0 radical (unpaired) electrons. The van der Waals surface area contributed by atoms with Crippen LogP contribution in [0.25, 0.3) is 11.0 Å². The molecule has 0 aliphatic carbocycles. The minimum atomic E-state index is -0.707. The van der Waals surface area contributed by atoms with Gasteiger partial charge in [0.05, 0.1) is 22.4 Å². The number of H-pyrrole nitrogens is 2. The summed E-state index contributed by atoms with van der Waals surface area (Å²) in [4.78, 5) is 26.7. The van der Waals surface area contributed by atoms with Crippen LogP contribution < -0.4 is 22.6 Å². The number of nitrogen functional groups attached to an aromatic ring is 2. The summed E-state index contributed by atoms with van der Waals surface area (Å²) in [5.74, 6) is 0. The van der Waals surface area contributed by atoms with Gasteiger partial charge in [0, 0.05) is 0 Å². The Balaban J connectivity index is 0.00000112. The average Bonchev–Trinajstić information content (AvgIpc) is 2.11. The third-order valence-electron chi connectivity index (χ3n) is 1.93. The van der Waals surface area contributed by atoms with E-state index < -0.39 is 11.1 Å². The van der Waals surface area contributed by atoms with E-state index in [9.17, 15) is 9.59 Å². The molecule has 0 spiro atoms. The molecule has 0 amide bonds. The van der Waals surface area contributed by atoms with Crippen LogP contribution >= 0.6 is 12.4 Å². The molecule has 2 aromatic rings. The molecule has 0 bridgehead atoms. The van der Waals surface area contributed by atoms with Crippen LogP contribution in [-0.2, 0) is 0 Å². The molecule has 1 aromatic heterocycles. The molecule has 1 heterocycles. The fourth-order valence-electron chi connectivity index (χ4n) is 1.20. The summed E-state index contributed by atoms with van der Waals surface area (Å²) in [6.07, 6.45) is 0. The van der Waals surface area contributed by atoms with E-state index in [2.05, 4.69) is 9.97 Å². The molecule has 0 fully saturated rings. The Morgan fingerprint density at radius 1 is 0.867 bits per heavy atom. The number of fused-ring (bicyclic) bond motifs is 1. The molecule has 15 heavy (non-hydrogen) atoms. The van der Waals surface area contributed by atoms with E-state index in [0.29, 0.717) is 22.4 Å². The SMILES string of the molecule is Cl.Nc1cc2[nH]c(=O)c(=O)[nH]c2cc1N. The quantitative estimate of drug-likeness (QED) is 0.369. The lowest BCUT2D eigenvalue weighted by molar-refractivity contribution is 1.15. The monoisotopic (exact) mass is 228 g/mol. The molecule has 0 atom stereocenters. The van der Waals surface area contributed by atoms with Crippen LogP contribution in [0.4, 0.5) is 11.4 Å². The maximum atomic E-state index is 11.0. The highest BCUT2D eigenvalue weighted by molar-refractivity contribution is 5.85. The Morgan fingerprint density at radius 2 is 1.20 bits per heavy atom. The topological polar surface area (TPSA) is 118 Å². The van der Waals surface area contributed by atoms with Crippen molar-refractivity contribution in [2.75, 3.05) is 11.5 Å². The second-order valence-electron chi connectivity index (χ2n) is 2.93. The molecule has 6 nitrogen and oxygen atoms in total. The van der Waals surface area contributed by atoms with Crippen molar-refractivity contribution in [2.45, 2.75) is 0 Å². The van der Waals surface area contributed by atoms with Crippen LogP contribution in [0, 0.1) is 0 Å². The number of hydrogen-bond donors (Lipinski definition) is 4. The van der Waals surface area contributed by atoms with Gasteiger partial charge in [-0.15, -0.1) is 12.4 Å². The Bertz CT molecular complexity index is 562. The molecule has 2 rings (SSSR count). The molecule has 0 aliphatic heterocycles. The van der Waals surface area contributed by atoms with Gasteiger partial charge in [0.15, 0.2) is 0 Å². The summed E-state index contributed by atoms with van der Waals surface area (Å²) in [7, 11) is 0. The first-order valence-corrected chi connectivity index (χ1v) is 3.89. The summed E-state index contributed by atoms with van der Waals surface area (Å²) in [5, 5.41) is 0. The Hall–Kier alpha value is -1.95. The van der Waals surface area contributed by atoms with Crippen molar-refractivity contribution >= 4 is 34.8 Å². The molecule has 0 aliphatic rings. The van der Waals surface area contributed by atoms with Crippen LogP contribution in [0.1, 0.15) is 0 Å². The summed E-state index contributed by atoms with van der Waals surface area (Å²) in [6.45, 7) is 0. The van der Waals surface area contributed by atoms with E-state index in [-0.39, 0.29) is 12.4 Å². The minimum Gasteiger partial charge on any atom is -0.397 e. The predicted octanol–water partition coefficient (Wildman–Crippen LogP) is -0.197. The molecule has 1 aromatic carbocycles. The van der Waals surface area contributed by atoms with Crippen molar-refractivity contribution in [3.8, 4) is 0 Å². The molecule has 80 valence electrons. The fourth-order valence-corrected chi connectivity index (χ4v) is 1.20. The van der Waals surface area contributed by atoms with E-state index in [0.717, 1.165) is 0 Å². The van der Waals surface area contributed by atoms with Gasteiger partial charge in [-0.2, -0.15) is 0 Å². The van der Waals surface area contributed by atoms with Crippen LogP contribution in [0.5, 0.6) is 0 Å². The van der Waals surface area contributed by atoms with E-state index in [1.807, 2.05) is 0 Å². The first-order chi connectivity index (χ1) is 6.58. The number of benzene rings is 1. The van der Waals surface area contributed by atoms with Crippen molar-refractivity contribution in [1.29, 1.82) is 0 Å². The zero-order chi connectivity index (χ0) is 10.3. The highest BCUT2D eigenvalue weighted by atomic mass is 35.5. The lowest BCUT2D eigenvalue weighted by Crippen LogP contribution is -2.28. The lowest BCUT2D eigenvalue weighted by Gasteiger charge is -2.02. The van der Waals surface area contributed by atoms with Crippen LogP contribution in [0.3, 0.4) is 0 Å². The van der Waals surface area contributed by atoms with Gasteiger partial charge >= 0.3 is 11.1 Å². The summed E-state index contributed by atoms with van der Waals surface area (Å²) >= 11 is 0. The van der Waals surface area contributed by atoms with Crippen molar-refractivity contribution < 1.29 is 0 Å². The summed E-state index contributed by atoms with van der Waals surface area (Å²) in [5.41, 5.74) is 11.3.